The number of aryl methyl sites for hydroxylation is 1. The Labute approximate surface area is 107 Å². The van der Waals surface area contributed by atoms with Crippen molar-refractivity contribution in [2.45, 2.75) is 38.8 Å². The number of hydrogen-bond acceptors (Lipinski definition) is 4. The largest absolute Gasteiger partial charge is 0.387 e. The van der Waals surface area contributed by atoms with Gasteiger partial charge in [-0.1, -0.05) is 25.6 Å². The molecule has 17 heavy (non-hydrogen) atoms. The molecule has 0 aliphatic carbocycles. The first kappa shape index (κ1) is 14.0. The lowest BCUT2D eigenvalue weighted by Crippen LogP contribution is -2.30. The van der Waals surface area contributed by atoms with Crippen LogP contribution in [0.1, 0.15) is 32.5 Å². The number of hydrogen-bond donors (Lipinski definition) is 2. The lowest BCUT2D eigenvalue weighted by molar-refractivity contribution is 0.464. The molecule has 1 aromatic rings. The minimum absolute atomic E-state index is 0.198. The number of rotatable bonds is 6. The summed E-state index contributed by atoms with van der Waals surface area (Å²) >= 11 is 1.70. The average Bonchev–Trinajstić information content (AvgIpc) is 2.55. The van der Waals surface area contributed by atoms with Crippen LogP contribution in [0.25, 0.3) is 0 Å². The fourth-order valence-corrected chi connectivity index (χ4v) is 2.22. The molecule has 0 fully saturated rings. The van der Waals surface area contributed by atoms with Crippen molar-refractivity contribution < 1.29 is 0 Å². The van der Waals surface area contributed by atoms with Crippen molar-refractivity contribution in [3.8, 4) is 0 Å². The molecule has 5 nitrogen and oxygen atoms in total. The van der Waals surface area contributed by atoms with Gasteiger partial charge in [0.2, 0.25) is 0 Å². The molecule has 0 amide bonds. The molecule has 1 rings (SSSR count). The monoisotopic (exact) mass is 255 g/mol. The van der Waals surface area contributed by atoms with Crippen LogP contribution in [0, 0.1) is 17.7 Å². The maximum Gasteiger partial charge on any atom is 0.190 e. The molecule has 0 aliphatic heterocycles. The summed E-state index contributed by atoms with van der Waals surface area (Å²) in [6.45, 7) is 5.95. The highest BCUT2D eigenvalue weighted by Gasteiger charge is 2.20. The van der Waals surface area contributed by atoms with Crippen LogP contribution in [0.3, 0.4) is 0 Å². The Bertz CT molecular complexity index is 397. The minimum atomic E-state index is -0.198. The molecule has 0 bridgehead atoms. The van der Waals surface area contributed by atoms with E-state index in [0.29, 0.717) is 0 Å². The summed E-state index contributed by atoms with van der Waals surface area (Å²) in [7, 11) is 1.97. The molecule has 0 saturated heterocycles. The summed E-state index contributed by atoms with van der Waals surface area (Å²) in [6, 6.07) is 0. The molecule has 0 atom stereocenters. The number of aromatic nitrogens is 3. The fourth-order valence-electron chi connectivity index (χ4n) is 1.33. The lowest BCUT2D eigenvalue weighted by atomic mass is 9.87. The van der Waals surface area contributed by atoms with Crippen LogP contribution in [-0.2, 0) is 7.05 Å². The van der Waals surface area contributed by atoms with Gasteiger partial charge in [0.25, 0.3) is 0 Å². The molecule has 0 aromatic carbocycles. The number of nitrogens with zero attached hydrogens (tertiary/aromatic N) is 3. The third-order valence-corrected chi connectivity index (χ3v) is 4.07. The van der Waals surface area contributed by atoms with Gasteiger partial charge < -0.3 is 10.3 Å². The zero-order valence-electron chi connectivity index (χ0n) is 10.9. The van der Waals surface area contributed by atoms with Crippen LogP contribution in [0.5, 0.6) is 0 Å². The number of nitrogens with two attached hydrogens (primary N) is 1. The van der Waals surface area contributed by atoms with E-state index >= 15 is 0 Å². The Balaban J connectivity index is 2.34. The number of nitrogens with one attached hydrogen (secondary N) is 1. The number of thioether (sulfide) groups is 1. The molecule has 0 spiro atoms. The fraction of sp³-hybridized carbons (Fsp3) is 0.727. The zero-order valence-corrected chi connectivity index (χ0v) is 11.8. The van der Waals surface area contributed by atoms with E-state index < -0.39 is 0 Å². The SMILES string of the molecule is Cc1nnc(SCCCC(C)(C)C(=N)N)n1C. The Hall–Kier alpha value is -1.04. The smallest absolute Gasteiger partial charge is 0.190 e. The Morgan fingerprint density at radius 2 is 2.12 bits per heavy atom. The van der Waals surface area contributed by atoms with Gasteiger partial charge >= 0.3 is 0 Å². The van der Waals surface area contributed by atoms with Gasteiger partial charge in [-0.15, -0.1) is 10.2 Å². The highest BCUT2D eigenvalue weighted by atomic mass is 32.2. The van der Waals surface area contributed by atoms with Gasteiger partial charge in [0.1, 0.15) is 5.82 Å². The minimum Gasteiger partial charge on any atom is -0.387 e. The van der Waals surface area contributed by atoms with E-state index in [1.54, 1.807) is 11.8 Å². The summed E-state index contributed by atoms with van der Waals surface area (Å²) in [4.78, 5) is 0. The molecule has 1 aromatic heterocycles. The summed E-state index contributed by atoms with van der Waals surface area (Å²) < 4.78 is 1.99. The van der Waals surface area contributed by atoms with Crippen LogP contribution in [0.4, 0.5) is 0 Å². The Morgan fingerprint density at radius 3 is 2.59 bits per heavy atom. The van der Waals surface area contributed by atoms with Gasteiger partial charge in [0.05, 0.1) is 5.84 Å². The van der Waals surface area contributed by atoms with Gasteiger partial charge in [-0.2, -0.15) is 0 Å². The first-order chi connectivity index (χ1) is 7.84. The predicted octanol–water partition coefficient (Wildman–Crippen LogP) is 1.96. The van der Waals surface area contributed by atoms with E-state index in [0.717, 1.165) is 29.6 Å². The topological polar surface area (TPSA) is 80.6 Å². The third-order valence-electron chi connectivity index (χ3n) is 2.96. The second kappa shape index (κ2) is 5.53. The molecule has 3 N–H and O–H groups in total. The summed E-state index contributed by atoms with van der Waals surface area (Å²) in [5, 5.41) is 16.5. The molecule has 0 unspecified atom stereocenters. The molecule has 1 heterocycles. The van der Waals surface area contributed by atoms with E-state index in [2.05, 4.69) is 10.2 Å². The van der Waals surface area contributed by atoms with Crippen LogP contribution in [0.15, 0.2) is 5.16 Å². The van der Waals surface area contributed by atoms with E-state index in [9.17, 15) is 0 Å². The van der Waals surface area contributed by atoms with E-state index in [1.807, 2.05) is 32.4 Å². The molecular weight excluding hydrogens is 234 g/mol. The quantitative estimate of drug-likeness (QED) is 0.352. The molecule has 6 heteroatoms. The number of amidine groups is 1. The molecular formula is C11H21N5S. The van der Waals surface area contributed by atoms with Crippen LogP contribution in [-0.4, -0.2) is 26.4 Å². The molecule has 0 aliphatic rings. The standard InChI is InChI=1S/C11H21N5S/c1-8-14-15-10(16(8)4)17-7-5-6-11(2,3)9(12)13/h5-7H2,1-4H3,(H3,12,13). The first-order valence-electron chi connectivity index (χ1n) is 5.68. The predicted molar refractivity (Wildman–Crippen MR) is 71.4 cm³/mol. The van der Waals surface area contributed by atoms with Crippen molar-refractivity contribution in [1.29, 1.82) is 5.41 Å². The summed E-state index contributed by atoms with van der Waals surface area (Å²) in [6.07, 6.45) is 1.94. The Kier molecular flexibility index (Phi) is 4.56. The maximum atomic E-state index is 7.48. The van der Waals surface area contributed by atoms with Gasteiger partial charge in [0, 0.05) is 18.2 Å². The van der Waals surface area contributed by atoms with E-state index in [-0.39, 0.29) is 11.3 Å². The van der Waals surface area contributed by atoms with Crippen molar-refractivity contribution in [1.82, 2.24) is 14.8 Å². The molecule has 0 saturated carbocycles. The lowest BCUT2D eigenvalue weighted by Gasteiger charge is -2.22. The van der Waals surface area contributed by atoms with E-state index in [1.165, 1.54) is 0 Å². The normalized spacial score (nSPS) is 11.8. The van der Waals surface area contributed by atoms with Crippen molar-refractivity contribution in [2.75, 3.05) is 5.75 Å². The van der Waals surface area contributed by atoms with Crippen LogP contribution < -0.4 is 5.73 Å². The van der Waals surface area contributed by atoms with Crippen molar-refractivity contribution in [3.63, 3.8) is 0 Å². The second-order valence-corrected chi connectivity index (χ2v) is 5.90. The van der Waals surface area contributed by atoms with Gasteiger partial charge in [-0.25, -0.2) is 0 Å². The van der Waals surface area contributed by atoms with Gasteiger partial charge in [-0.05, 0) is 19.8 Å². The average molecular weight is 255 g/mol. The summed E-state index contributed by atoms with van der Waals surface area (Å²) in [5.74, 6) is 2.16. The van der Waals surface area contributed by atoms with Crippen LogP contribution >= 0.6 is 11.8 Å². The third kappa shape index (κ3) is 3.73. The highest BCUT2D eigenvalue weighted by molar-refractivity contribution is 7.99. The Morgan fingerprint density at radius 1 is 1.47 bits per heavy atom. The first-order valence-corrected chi connectivity index (χ1v) is 6.66. The van der Waals surface area contributed by atoms with Gasteiger partial charge in [-0.3, -0.25) is 5.41 Å². The van der Waals surface area contributed by atoms with Crippen molar-refractivity contribution >= 4 is 17.6 Å². The van der Waals surface area contributed by atoms with Crippen molar-refractivity contribution in [3.05, 3.63) is 5.82 Å². The van der Waals surface area contributed by atoms with Crippen LogP contribution in [0.2, 0.25) is 0 Å². The molecule has 0 radical (unpaired) electrons. The summed E-state index contributed by atoms with van der Waals surface area (Å²) in [5.41, 5.74) is 5.34. The zero-order chi connectivity index (χ0) is 13.1. The second-order valence-electron chi connectivity index (χ2n) is 4.84. The molecule has 96 valence electrons. The van der Waals surface area contributed by atoms with Gasteiger partial charge in [0.15, 0.2) is 5.16 Å². The van der Waals surface area contributed by atoms with Crippen molar-refractivity contribution in [2.24, 2.45) is 18.2 Å². The maximum absolute atomic E-state index is 7.48. The van der Waals surface area contributed by atoms with E-state index in [4.69, 9.17) is 11.1 Å². The highest BCUT2D eigenvalue weighted by Crippen LogP contribution is 2.24.